The molecule has 1 unspecified atom stereocenters. The zero-order valence-corrected chi connectivity index (χ0v) is 12.4. The van der Waals surface area contributed by atoms with E-state index in [0.717, 1.165) is 32.1 Å². The summed E-state index contributed by atoms with van der Waals surface area (Å²) in [5.41, 5.74) is -0.0685. The fraction of sp³-hybridized carbons (Fsp3) is 0.929. The number of hydrogen-bond donors (Lipinski definition) is 1. The zero-order chi connectivity index (χ0) is 13.1. The third kappa shape index (κ3) is 3.15. The molecule has 0 radical (unpaired) electrons. The standard InChI is InChI=1S/C14H26ClNO/c1-5-14(6-2,10-15)16-12(17)11-8-7-9-13(11,3)4/h11H,5-10H2,1-4H3,(H,16,17). The van der Waals surface area contributed by atoms with Crippen LogP contribution in [0.15, 0.2) is 0 Å². The number of carbonyl (C=O) groups excluding carboxylic acids is 1. The average Bonchev–Trinajstić information content (AvgIpc) is 2.66. The summed E-state index contributed by atoms with van der Waals surface area (Å²) in [5.74, 6) is 0.860. The summed E-state index contributed by atoms with van der Waals surface area (Å²) < 4.78 is 0. The third-order valence-corrected chi connectivity index (χ3v) is 5.08. The van der Waals surface area contributed by atoms with Crippen LogP contribution < -0.4 is 5.32 Å². The molecule has 0 aliphatic heterocycles. The molecule has 1 aliphatic carbocycles. The first-order valence-corrected chi connectivity index (χ1v) is 7.32. The number of alkyl halides is 1. The number of halogens is 1. The zero-order valence-electron chi connectivity index (χ0n) is 11.6. The van der Waals surface area contributed by atoms with Crippen molar-refractivity contribution in [3.8, 4) is 0 Å². The molecule has 2 nitrogen and oxygen atoms in total. The molecule has 1 fully saturated rings. The number of hydrogen-bond acceptors (Lipinski definition) is 1. The van der Waals surface area contributed by atoms with E-state index in [9.17, 15) is 4.79 Å². The van der Waals surface area contributed by atoms with Crippen molar-refractivity contribution in [1.29, 1.82) is 0 Å². The van der Waals surface area contributed by atoms with Crippen LogP contribution in [0, 0.1) is 11.3 Å². The maximum absolute atomic E-state index is 12.4. The van der Waals surface area contributed by atoms with Crippen molar-refractivity contribution in [1.82, 2.24) is 5.32 Å². The van der Waals surface area contributed by atoms with Crippen molar-refractivity contribution in [2.24, 2.45) is 11.3 Å². The van der Waals surface area contributed by atoms with Gasteiger partial charge in [0.25, 0.3) is 0 Å². The largest absolute Gasteiger partial charge is 0.349 e. The third-order valence-electron chi connectivity index (χ3n) is 4.57. The van der Waals surface area contributed by atoms with Gasteiger partial charge in [0.2, 0.25) is 5.91 Å². The lowest BCUT2D eigenvalue weighted by atomic mass is 9.80. The Morgan fingerprint density at radius 2 is 2.00 bits per heavy atom. The van der Waals surface area contributed by atoms with E-state index in [0.29, 0.717) is 5.88 Å². The topological polar surface area (TPSA) is 29.1 Å². The fourth-order valence-corrected chi connectivity index (χ4v) is 3.26. The Labute approximate surface area is 110 Å². The number of amides is 1. The number of carbonyl (C=O) groups is 1. The highest BCUT2D eigenvalue weighted by Crippen LogP contribution is 2.42. The molecule has 17 heavy (non-hydrogen) atoms. The van der Waals surface area contributed by atoms with Gasteiger partial charge in [-0.1, -0.05) is 34.1 Å². The van der Waals surface area contributed by atoms with Gasteiger partial charge >= 0.3 is 0 Å². The van der Waals surface area contributed by atoms with Gasteiger partial charge in [0.05, 0.1) is 5.54 Å². The highest BCUT2D eigenvalue weighted by atomic mass is 35.5. The molecule has 1 aliphatic rings. The van der Waals surface area contributed by atoms with E-state index in [2.05, 4.69) is 33.0 Å². The van der Waals surface area contributed by atoms with Gasteiger partial charge in [0.1, 0.15) is 0 Å². The maximum atomic E-state index is 12.4. The van der Waals surface area contributed by atoms with Crippen LogP contribution >= 0.6 is 11.6 Å². The molecular weight excluding hydrogens is 234 g/mol. The summed E-state index contributed by atoms with van der Waals surface area (Å²) in [6.45, 7) is 8.58. The summed E-state index contributed by atoms with van der Waals surface area (Å²) in [6, 6.07) is 0. The van der Waals surface area contributed by atoms with Crippen LogP contribution in [0.25, 0.3) is 0 Å². The predicted molar refractivity (Wildman–Crippen MR) is 73.3 cm³/mol. The van der Waals surface area contributed by atoms with Crippen LogP contribution in [0.1, 0.15) is 59.8 Å². The molecule has 0 aromatic rings. The smallest absolute Gasteiger partial charge is 0.224 e. The van der Waals surface area contributed by atoms with E-state index in [1.807, 2.05) is 0 Å². The molecule has 1 atom stereocenters. The first-order chi connectivity index (χ1) is 7.90. The molecule has 1 rings (SSSR count). The van der Waals surface area contributed by atoms with Crippen molar-refractivity contribution in [2.75, 3.05) is 5.88 Å². The van der Waals surface area contributed by atoms with Crippen molar-refractivity contribution in [3.63, 3.8) is 0 Å². The van der Waals surface area contributed by atoms with Crippen molar-refractivity contribution < 1.29 is 4.79 Å². The first kappa shape index (κ1) is 14.8. The van der Waals surface area contributed by atoms with Crippen LogP contribution in [0.3, 0.4) is 0 Å². The Kier molecular flexibility index (Phi) is 4.88. The molecule has 1 saturated carbocycles. The second-order valence-electron chi connectivity index (χ2n) is 6.04. The van der Waals surface area contributed by atoms with E-state index < -0.39 is 0 Å². The maximum Gasteiger partial charge on any atom is 0.224 e. The summed E-state index contributed by atoms with van der Waals surface area (Å²) in [6.07, 6.45) is 5.12. The average molecular weight is 260 g/mol. The highest BCUT2D eigenvalue weighted by Gasteiger charge is 2.41. The first-order valence-electron chi connectivity index (χ1n) is 6.79. The molecule has 3 heteroatoms. The monoisotopic (exact) mass is 259 g/mol. The van der Waals surface area contributed by atoms with Crippen molar-refractivity contribution >= 4 is 17.5 Å². The summed E-state index contributed by atoms with van der Waals surface area (Å²) in [5, 5.41) is 3.21. The van der Waals surface area contributed by atoms with Crippen LogP contribution in [0.5, 0.6) is 0 Å². The number of nitrogens with one attached hydrogen (secondary N) is 1. The molecule has 100 valence electrons. The Morgan fingerprint density at radius 1 is 1.41 bits per heavy atom. The Morgan fingerprint density at radius 3 is 2.35 bits per heavy atom. The second kappa shape index (κ2) is 5.60. The van der Waals surface area contributed by atoms with Gasteiger partial charge in [-0.3, -0.25) is 4.79 Å². The van der Waals surface area contributed by atoms with Crippen LogP contribution in [-0.2, 0) is 4.79 Å². The number of rotatable bonds is 5. The van der Waals surface area contributed by atoms with Gasteiger partial charge in [-0.2, -0.15) is 0 Å². The molecule has 1 amide bonds. The van der Waals surface area contributed by atoms with E-state index in [1.165, 1.54) is 0 Å². The minimum Gasteiger partial charge on any atom is -0.349 e. The molecule has 0 saturated heterocycles. The SMILES string of the molecule is CCC(CC)(CCl)NC(=O)C1CCCC1(C)C. The van der Waals surface area contributed by atoms with E-state index in [1.54, 1.807) is 0 Å². The fourth-order valence-electron chi connectivity index (χ4n) is 2.81. The summed E-state index contributed by atoms with van der Waals surface area (Å²) in [7, 11) is 0. The lowest BCUT2D eigenvalue weighted by molar-refractivity contribution is -0.129. The quantitative estimate of drug-likeness (QED) is 0.749. The van der Waals surface area contributed by atoms with E-state index >= 15 is 0 Å². The minimum atomic E-state index is -0.211. The van der Waals surface area contributed by atoms with Crippen LogP contribution in [0.2, 0.25) is 0 Å². The van der Waals surface area contributed by atoms with Gasteiger partial charge in [0.15, 0.2) is 0 Å². The van der Waals surface area contributed by atoms with Crippen molar-refractivity contribution in [3.05, 3.63) is 0 Å². The lowest BCUT2D eigenvalue weighted by Crippen LogP contribution is -2.52. The van der Waals surface area contributed by atoms with Crippen LogP contribution in [-0.4, -0.2) is 17.3 Å². The molecule has 0 aromatic carbocycles. The van der Waals surface area contributed by atoms with Gasteiger partial charge < -0.3 is 5.32 Å². The minimum absolute atomic E-state index is 0.142. The predicted octanol–water partition coefficient (Wildman–Crippen LogP) is 3.73. The Bertz CT molecular complexity index is 263. The molecule has 0 aromatic heterocycles. The van der Waals surface area contributed by atoms with Crippen LogP contribution in [0.4, 0.5) is 0 Å². The Balaban J connectivity index is 2.71. The van der Waals surface area contributed by atoms with Gasteiger partial charge in [0, 0.05) is 11.8 Å². The normalized spacial score (nSPS) is 23.7. The molecular formula is C14H26ClNO. The molecule has 0 heterocycles. The van der Waals surface area contributed by atoms with Gasteiger partial charge in [-0.05, 0) is 31.1 Å². The molecule has 1 N–H and O–H groups in total. The Hall–Kier alpha value is -0.240. The molecule has 0 bridgehead atoms. The lowest BCUT2D eigenvalue weighted by Gasteiger charge is -2.34. The van der Waals surface area contributed by atoms with Crippen molar-refractivity contribution in [2.45, 2.75) is 65.3 Å². The van der Waals surface area contributed by atoms with Gasteiger partial charge in [-0.25, -0.2) is 0 Å². The molecule has 0 spiro atoms. The van der Waals surface area contributed by atoms with E-state index in [4.69, 9.17) is 11.6 Å². The second-order valence-corrected chi connectivity index (χ2v) is 6.31. The van der Waals surface area contributed by atoms with E-state index in [-0.39, 0.29) is 22.8 Å². The summed E-state index contributed by atoms with van der Waals surface area (Å²) in [4.78, 5) is 12.4. The van der Waals surface area contributed by atoms with Gasteiger partial charge in [-0.15, -0.1) is 11.6 Å². The highest BCUT2D eigenvalue weighted by molar-refractivity contribution is 6.18. The summed E-state index contributed by atoms with van der Waals surface area (Å²) >= 11 is 6.03.